The second-order valence-electron chi connectivity index (χ2n) is 6.86. The van der Waals surface area contributed by atoms with Crippen LogP contribution in [0.5, 0.6) is 0 Å². The van der Waals surface area contributed by atoms with Crippen LogP contribution in [0.4, 0.5) is 0 Å². The summed E-state index contributed by atoms with van der Waals surface area (Å²) in [6.07, 6.45) is 0. The highest BCUT2D eigenvalue weighted by molar-refractivity contribution is 5.85. The standard InChI is InChI=1S/C24H16N4/c1-2-9-18(10-3-1)24-25-20-11-5-7-13-22(20)27(24)23-16-19-15-14-17-8-4-6-12-21(17)28(19)26-23/h1-16H. The Bertz CT molecular complexity index is 1460. The molecular weight excluding hydrogens is 344 g/mol. The van der Waals surface area contributed by atoms with Crippen LogP contribution in [0.15, 0.2) is 97.1 Å². The van der Waals surface area contributed by atoms with Crippen molar-refractivity contribution in [2.75, 3.05) is 0 Å². The van der Waals surface area contributed by atoms with Gasteiger partial charge in [-0.2, -0.15) is 0 Å². The molecule has 4 heteroatoms. The topological polar surface area (TPSA) is 35.1 Å². The van der Waals surface area contributed by atoms with Crippen molar-refractivity contribution >= 4 is 27.5 Å². The molecule has 0 unspecified atom stereocenters. The molecule has 0 saturated carbocycles. The summed E-state index contributed by atoms with van der Waals surface area (Å²) >= 11 is 0. The Morgan fingerprint density at radius 2 is 1.39 bits per heavy atom. The molecule has 3 aromatic heterocycles. The number of pyridine rings is 1. The molecule has 6 rings (SSSR count). The largest absolute Gasteiger partial charge is 0.275 e. The van der Waals surface area contributed by atoms with Gasteiger partial charge in [0.05, 0.1) is 22.1 Å². The molecule has 0 atom stereocenters. The van der Waals surface area contributed by atoms with E-state index in [1.54, 1.807) is 0 Å². The van der Waals surface area contributed by atoms with Gasteiger partial charge in [-0.25, -0.2) is 9.50 Å². The number of nitrogens with zero attached hydrogens (tertiary/aromatic N) is 4. The first-order chi connectivity index (χ1) is 13.9. The molecule has 0 radical (unpaired) electrons. The predicted molar refractivity (Wildman–Crippen MR) is 113 cm³/mol. The number of benzene rings is 3. The third kappa shape index (κ3) is 2.18. The molecule has 0 amide bonds. The van der Waals surface area contributed by atoms with Crippen LogP contribution in [0.25, 0.3) is 44.7 Å². The summed E-state index contributed by atoms with van der Waals surface area (Å²) in [5, 5.41) is 6.13. The van der Waals surface area contributed by atoms with E-state index >= 15 is 0 Å². The number of hydrogen-bond donors (Lipinski definition) is 0. The number of hydrogen-bond acceptors (Lipinski definition) is 2. The Kier molecular flexibility index (Phi) is 3.14. The van der Waals surface area contributed by atoms with Crippen molar-refractivity contribution in [1.29, 1.82) is 0 Å². The molecule has 6 aromatic rings. The maximum Gasteiger partial charge on any atom is 0.161 e. The first-order valence-electron chi connectivity index (χ1n) is 9.29. The first-order valence-corrected chi connectivity index (χ1v) is 9.29. The highest BCUT2D eigenvalue weighted by atomic mass is 15.3. The number of fused-ring (bicyclic) bond motifs is 4. The minimum atomic E-state index is 0.865. The van der Waals surface area contributed by atoms with Crippen LogP contribution in [-0.4, -0.2) is 19.2 Å². The van der Waals surface area contributed by atoms with Crippen molar-refractivity contribution in [3.05, 3.63) is 97.1 Å². The minimum Gasteiger partial charge on any atom is -0.275 e. The lowest BCUT2D eigenvalue weighted by Gasteiger charge is -2.06. The van der Waals surface area contributed by atoms with Crippen molar-refractivity contribution in [2.24, 2.45) is 0 Å². The van der Waals surface area contributed by atoms with Crippen molar-refractivity contribution in [1.82, 2.24) is 19.2 Å². The van der Waals surface area contributed by atoms with Gasteiger partial charge < -0.3 is 0 Å². The van der Waals surface area contributed by atoms with E-state index in [2.05, 4.69) is 59.2 Å². The molecule has 0 saturated heterocycles. The van der Waals surface area contributed by atoms with E-state index in [0.717, 1.165) is 39.3 Å². The summed E-state index contributed by atoms with van der Waals surface area (Å²) in [6, 6.07) is 33.1. The van der Waals surface area contributed by atoms with Gasteiger partial charge in [-0.3, -0.25) is 4.57 Å². The molecular formula is C24H16N4. The molecule has 0 N–H and O–H groups in total. The van der Waals surface area contributed by atoms with Crippen molar-refractivity contribution in [2.45, 2.75) is 0 Å². The molecule has 0 aliphatic rings. The van der Waals surface area contributed by atoms with Gasteiger partial charge in [0, 0.05) is 17.0 Å². The summed E-state index contributed by atoms with van der Waals surface area (Å²) in [4.78, 5) is 4.91. The monoisotopic (exact) mass is 360 g/mol. The maximum absolute atomic E-state index is 4.96. The lowest BCUT2D eigenvalue weighted by Crippen LogP contribution is -1.99. The minimum absolute atomic E-state index is 0.865. The number of imidazole rings is 1. The van der Waals surface area contributed by atoms with E-state index in [-0.39, 0.29) is 0 Å². The normalized spacial score (nSPS) is 11.6. The predicted octanol–water partition coefficient (Wildman–Crippen LogP) is 5.49. The Morgan fingerprint density at radius 1 is 0.643 bits per heavy atom. The Balaban J connectivity index is 1.69. The average molecular weight is 360 g/mol. The Hall–Kier alpha value is -3.92. The third-order valence-electron chi connectivity index (χ3n) is 5.14. The summed E-state index contributed by atoms with van der Waals surface area (Å²) in [5.74, 6) is 1.76. The van der Waals surface area contributed by atoms with Crippen LogP contribution in [0.3, 0.4) is 0 Å². The van der Waals surface area contributed by atoms with E-state index in [0.29, 0.717) is 0 Å². The smallest absolute Gasteiger partial charge is 0.161 e. The van der Waals surface area contributed by atoms with Crippen LogP contribution in [-0.2, 0) is 0 Å². The Labute approximate surface area is 161 Å². The van der Waals surface area contributed by atoms with E-state index in [1.807, 2.05) is 47.0 Å². The van der Waals surface area contributed by atoms with Crippen molar-refractivity contribution in [3.63, 3.8) is 0 Å². The maximum atomic E-state index is 4.96. The van der Waals surface area contributed by atoms with Gasteiger partial charge in [0.2, 0.25) is 0 Å². The zero-order valence-electron chi connectivity index (χ0n) is 15.0. The van der Waals surface area contributed by atoms with Gasteiger partial charge in [0.25, 0.3) is 0 Å². The zero-order valence-corrected chi connectivity index (χ0v) is 15.0. The highest BCUT2D eigenvalue weighted by Gasteiger charge is 2.16. The van der Waals surface area contributed by atoms with Crippen LogP contribution >= 0.6 is 0 Å². The molecule has 0 aliphatic carbocycles. The van der Waals surface area contributed by atoms with Crippen molar-refractivity contribution in [3.8, 4) is 17.2 Å². The number of rotatable bonds is 2. The fourth-order valence-electron chi connectivity index (χ4n) is 3.84. The molecule has 28 heavy (non-hydrogen) atoms. The second kappa shape index (κ2) is 5.79. The van der Waals surface area contributed by atoms with Crippen LogP contribution in [0.2, 0.25) is 0 Å². The quantitative estimate of drug-likeness (QED) is 0.409. The van der Waals surface area contributed by atoms with E-state index in [1.165, 1.54) is 5.39 Å². The van der Waals surface area contributed by atoms with Crippen molar-refractivity contribution < 1.29 is 0 Å². The van der Waals surface area contributed by atoms with Gasteiger partial charge in [-0.15, -0.1) is 5.10 Å². The summed E-state index contributed by atoms with van der Waals surface area (Å²) in [6.45, 7) is 0. The molecule has 132 valence electrons. The third-order valence-corrected chi connectivity index (χ3v) is 5.14. The van der Waals surface area contributed by atoms with Gasteiger partial charge >= 0.3 is 0 Å². The summed E-state index contributed by atoms with van der Waals surface area (Å²) in [7, 11) is 0. The number of aromatic nitrogens is 4. The fourth-order valence-corrected chi connectivity index (χ4v) is 3.84. The number of para-hydroxylation sites is 3. The molecule has 0 aliphatic heterocycles. The second-order valence-corrected chi connectivity index (χ2v) is 6.86. The molecule has 3 heterocycles. The fraction of sp³-hybridized carbons (Fsp3) is 0. The average Bonchev–Trinajstić information content (AvgIpc) is 3.36. The lowest BCUT2D eigenvalue weighted by molar-refractivity contribution is 0.936. The van der Waals surface area contributed by atoms with Crippen LogP contribution < -0.4 is 0 Å². The van der Waals surface area contributed by atoms with Crippen LogP contribution in [0, 0.1) is 0 Å². The molecule has 0 spiro atoms. The first kappa shape index (κ1) is 15.2. The lowest BCUT2D eigenvalue weighted by atomic mass is 10.2. The van der Waals surface area contributed by atoms with Gasteiger partial charge in [0.15, 0.2) is 5.82 Å². The van der Waals surface area contributed by atoms with E-state index in [9.17, 15) is 0 Å². The zero-order chi connectivity index (χ0) is 18.5. The van der Waals surface area contributed by atoms with Gasteiger partial charge in [-0.05, 0) is 24.3 Å². The molecule has 4 nitrogen and oxygen atoms in total. The van der Waals surface area contributed by atoms with E-state index < -0.39 is 0 Å². The molecule has 0 bridgehead atoms. The molecule has 3 aromatic carbocycles. The highest BCUT2D eigenvalue weighted by Crippen LogP contribution is 2.29. The summed E-state index contributed by atoms with van der Waals surface area (Å²) in [5.41, 5.74) is 5.24. The van der Waals surface area contributed by atoms with Gasteiger partial charge in [-0.1, -0.05) is 66.7 Å². The van der Waals surface area contributed by atoms with E-state index in [4.69, 9.17) is 10.1 Å². The van der Waals surface area contributed by atoms with Gasteiger partial charge in [0.1, 0.15) is 5.82 Å². The summed E-state index contributed by atoms with van der Waals surface area (Å²) < 4.78 is 4.15. The SMILES string of the molecule is c1ccc(-c2nc3ccccc3n2-c2cc3ccc4ccccc4n3n2)cc1. The molecule has 0 fully saturated rings. The van der Waals surface area contributed by atoms with Crippen LogP contribution in [0.1, 0.15) is 0 Å². The Morgan fingerprint density at radius 3 is 2.29 bits per heavy atom.